The summed E-state index contributed by atoms with van der Waals surface area (Å²) < 4.78 is 0. The van der Waals surface area contributed by atoms with Crippen molar-refractivity contribution >= 4 is 30.1 Å². The van der Waals surface area contributed by atoms with Crippen LogP contribution in [0.5, 0.6) is 0 Å². The van der Waals surface area contributed by atoms with E-state index in [4.69, 9.17) is 0 Å². The Bertz CT molecular complexity index is 946. The fourth-order valence-corrected chi connectivity index (χ4v) is 5.56. The molecule has 121 valence electrons. The molecular formula is C23H20NSi. The first kappa shape index (κ1) is 15.8. The smallest absolute Gasteiger partial charge is 0.207 e. The van der Waals surface area contributed by atoms with Crippen LogP contribution in [0.2, 0.25) is 0 Å². The highest BCUT2D eigenvalue weighted by molar-refractivity contribution is 6.84. The Morgan fingerprint density at radius 3 is 2.04 bits per heavy atom. The monoisotopic (exact) mass is 338 g/mol. The third-order valence-electron chi connectivity index (χ3n) is 4.43. The van der Waals surface area contributed by atoms with Crippen LogP contribution in [0.15, 0.2) is 103 Å². The van der Waals surface area contributed by atoms with Crippen LogP contribution in [0, 0.1) is 0 Å². The molecule has 0 aliphatic carbocycles. The first-order chi connectivity index (χ1) is 12.4. The van der Waals surface area contributed by atoms with E-state index in [2.05, 4.69) is 108 Å². The van der Waals surface area contributed by atoms with Gasteiger partial charge in [-0.2, -0.15) is 0 Å². The van der Waals surface area contributed by atoms with Crippen LogP contribution in [0.25, 0.3) is 10.8 Å². The normalized spacial score (nSPS) is 11.1. The highest BCUT2D eigenvalue weighted by Crippen LogP contribution is 2.11. The van der Waals surface area contributed by atoms with Crippen molar-refractivity contribution < 1.29 is 0 Å². The van der Waals surface area contributed by atoms with E-state index in [1.54, 1.807) is 0 Å². The van der Waals surface area contributed by atoms with Crippen LogP contribution < -0.4 is 15.4 Å². The van der Waals surface area contributed by atoms with E-state index in [1.807, 2.05) is 0 Å². The van der Waals surface area contributed by atoms with Gasteiger partial charge in [-0.25, -0.2) is 0 Å². The van der Waals surface area contributed by atoms with Crippen molar-refractivity contribution in [2.24, 2.45) is 0 Å². The number of benzene rings is 4. The number of hydrogen-bond acceptors (Lipinski definition) is 1. The van der Waals surface area contributed by atoms with Crippen molar-refractivity contribution in [1.29, 1.82) is 0 Å². The van der Waals surface area contributed by atoms with Crippen molar-refractivity contribution in [2.45, 2.75) is 6.54 Å². The molecule has 4 aromatic carbocycles. The van der Waals surface area contributed by atoms with Gasteiger partial charge in [0, 0.05) is 6.54 Å². The number of rotatable bonds is 5. The molecular weight excluding hydrogens is 318 g/mol. The van der Waals surface area contributed by atoms with Gasteiger partial charge >= 0.3 is 0 Å². The summed E-state index contributed by atoms with van der Waals surface area (Å²) in [6.45, 7) is 0.882. The summed E-state index contributed by atoms with van der Waals surface area (Å²) in [7, 11) is -1.07. The van der Waals surface area contributed by atoms with Crippen molar-refractivity contribution in [3.8, 4) is 0 Å². The highest BCUT2D eigenvalue weighted by Gasteiger charge is 2.19. The molecule has 0 fully saturated rings. The van der Waals surface area contributed by atoms with E-state index in [9.17, 15) is 0 Å². The average Bonchev–Trinajstić information content (AvgIpc) is 2.70. The molecule has 0 atom stereocenters. The van der Waals surface area contributed by atoms with E-state index in [1.165, 1.54) is 26.7 Å². The van der Waals surface area contributed by atoms with Gasteiger partial charge in [0.2, 0.25) is 8.96 Å². The summed E-state index contributed by atoms with van der Waals surface area (Å²) in [6.07, 6.45) is 0. The Labute approximate surface area is 150 Å². The molecule has 0 aliphatic heterocycles. The first-order valence-electron chi connectivity index (χ1n) is 8.60. The van der Waals surface area contributed by atoms with E-state index in [0.717, 1.165) is 6.54 Å². The van der Waals surface area contributed by atoms with Gasteiger partial charge in [-0.05, 0) is 26.7 Å². The zero-order valence-corrected chi connectivity index (χ0v) is 15.0. The SMILES string of the molecule is c1ccc(CN[Si](c2ccccc2)c2cccc3ccccc23)cc1. The first-order valence-corrected chi connectivity index (χ1v) is 10.1. The largest absolute Gasteiger partial charge is 0.327 e. The number of hydrogen-bond donors (Lipinski definition) is 1. The molecule has 2 heteroatoms. The molecule has 1 radical (unpaired) electrons. The van der Waals surface area contributed by atoms with Crippen molar-refractivity contribution in [2.75, 3.05) is 0 Å². The molecule has 0 aromatic heterocycles. The minimum absolute atomic E-state index is 0.882. The van der Waals surface area contributed by atoms with Gasteiger partial charge in [-0.3, -0.25) is 0 Å². The average molecular weight is 339 g/mol. The van der Waals surface area contributed by atoms with Crippen molar-refractivity contribution in [1.82, 2.24) is 4.98 Å². The highest BCUT2D eigenvalue weighted by atomic mass is 28.3. The second-order valence-electron chi connectivity index (χ2n) is 6.11. The van der Waals surface area contributed by atoms with Gasteiger partial charge in [0.15, 0.2) is 0 Å². The van der Waals surface area contributed by atoms with Crippen molar-refractivity contribution in [3.63, 3.8) is 0 Å². The maximum absolute atomic E-state index is 3.86. The molecule has 0 bridgehead atoms. The van der Waals surface area contributed by atoms with Gasteiger partial charge in [-0.15, -0.1) is 0 Å². The summed E-state index contributed by atoms with van der Waals surface area (Å²) in [4.78, 5) is 3.86. The molecule has 25 heavy (non-hydrogen) atoms. The lowest BCUT2D eigenvalue weighted by Gasteiger charge is -2.19. The lowest BCUT2D eigenvalue weighted by atomic mass is 10.1. The Balaban J connectivity index is 1.74. The molecule has 0 aliphatic rings. The minimum Gasteiger partial charge on any atom is -0.327 e. The molecule has 0 saturated carbocycles. The fraction of sp³-hybridized carbons (Fsp3) is 0.0435. The predicted molar refractivity (Wildman–Crippen MR) is 109 cm³/mol. The van der Waals surface area contributed by atoms with Crippen LogP contribution in [0.3, 0.4) is 0 Å². The maximum atomic E-state index is 3.86. The maximum Gasteiger partial charge on any atom is 0.207 e. The fourth-order valence-electron chi connectivity index (χ4n) is 3.19. The number of fused-ring (bicyclic) bond motifs is 1. The Kier molecular flexibility index (Phi) is 4.73. The van der Waals surface area contributed by atoms with Crippen LogP contribution in [0.4, 0.5) is 0 Å². The molecule has 0 heterocycles. The molecule has 0 amide bonds. The summed E-state index contributed by atoms with van der Waals surface area (Å²) in [5, 5.41) is 5.47. The molecule has 0 saturated heterocycles. The summed E-state index contributed by atoms with van der Waals surface area (Å²) in [5.74, 6) is 0. The van der Waals surface area contributed by atoms with E-state index in [-0.39, 0.29) is 0 Å². The minimum atomic E-state index is -1.07. The Hall–Kier alpha value is -2.68. The van der Waals surface area contributed by atoms with Gasteiger partial charge in [0.05, 0.1) is 0 Å². The topological polar surface area (TPSA) is 12.0 Å². The van der Waals surface area contributed by atoms with Crippen LogP contribution in [-0.4, -0.2) is 8.96 Å². The van der Waals surface area contributed by atoms with Crippen molar-refractivity contribution in [3.05, 3.63) is 109 Å². The van der Waals surface area contributed by atoms with Gasteiger partial charge in [0.1, 0.15) is 0 Å². The summed E-state index contributed by atoms with van der Waals surface area (Å²) in [5.41, 5.74) is 1.32. The third kappa shape index (κ3) is 3.55. The van der Waals surface area contributed by atoms with E-state index >= 15 is 0 Å². The van der Waals surface area contributed by atoms with Gasteiger partial charge in [-0.1, -0.05) is 103 Å². The summed E-state index contributed by atoms with van der Waals surface area (Å²) in [6, 6.07) is 36.8. The Morgan fingerprint density at radius 1 is 0.600 bits per heavy atom. The lowest BCUT2D eigenvalue weighted by Crippen LogP contribution is -2.54. The zero-order chi connectivity index (χ0) is 16.9. The van der Waals surface area contributed by atoms with Crippen LogP contribution in [0.1, 0.15) is 5.56 Å². The standard InChI is InChI=1S/C23H20NSi/c1-3-10-19(11-4-1)18-24-25(21-14-5-2-6-15-21)23-17-9-13-20-12-7-8-16-22(20)23/h1-17,24H,18H2. The van der Waals surface area contributed by atoms with E-state index < -0.39 is 8.96 Å². The molecule has 4 rings (SSSR count). The predicted octanol–water partition coefficient (Wildman–Crippen LogP) is 3.74. The van der Waals surface area contributed by atoms with Gasteiger partial charge in [0.25, 0.3) is 0 Å². The van der Waals surface area contributed by atoms with Crippen LogP contribution >= 0.6 is 0 Å². The quantitative estimate of drug-likeness (QED) is 0.547. The molecule has 0 unspecified atom stereocenters. The third-order valence-corrected chi connectivity index (χ3v) is 6.85. The molecule has 1 N–H and O–H groups in total. The lowest BCUT2D eigenvalue weighted by molar-refractivity contribution is 0.945. The number of nitrogens with one attached hydrogen (secondary N) is 1. The van der Waals surface area contributed by atoms with Gasteiger partial charge < -0.3 is 4.98 Å². The van der Waals surface area contributed by atoms with E-state index in [0.29, 0.717) is 0 Å². The molecule has 0 spiro atoms. The second-order valence-corrected chi connectivity index (χ2v) is 8.33. The zero-order valence-electron chi connectivity index (χ0n) is 14.0. The molecule has 1 nitrogen and oxygen atoms in total. The van der Waals surface area contributed by atoms with Crippen LogP contribution in [-0.2, 0) is 6.54 Å². The Morgan fingerprint density at radius 2 is 1.24 bits per heavy atom. The molecule has 4 aromatic rings. The summed E-state index contributed by atoms with van der Waals surface area (Å²) >= 11 is 0. The second kappa shape index (κ2) is 7.47.